The molecule has 136 heavy (non-hydrogen) atoms. The molecule has 0 radical (unpaired) electrons. The quantitative estimate of drug-likeness (QED) is 0.0103. The van der Waals surface area contributed by atoms with Crippen LogP contribution in [0.15, 0.2) is 217 Å². The fourth-order valence-corrected chi connectivity index (χ4v) is 33.7. The van der Waals surface area contributed by atoms with Crippen LogP contribution < -0.4 is 20.7 Å². The van der Waals surface area contributed by atoms with Crippen molar-refractivity contribution in [1.82, 2.24) is 0 Å². The van der Waals surface area contributed by atoms with Gasteiger partial charge in [0.25, 0.3) is 16.6 Å². The Kier molecular flexibility index (Phi) is 44.6. The molecule has 0 saturated carbocycles. The number of azide groups is 1. The van der Waals surface area contributed by atoms with Gasteiger partial charge in [-0.05, 0) is 122 Å². The van der Waals surface area contributed by atoms with E-state index in [1.165, 1.54) is 32.5 Å². The number of hydrogen-bond donors (Lipinski definition) is 7. The lowest BCUT2D eigenvalue weighted by atomic mass is 9.84. The van der Waals surface area contributed by atoms with Gasteiger partial charge >= 0.3 is 5.97 Å². The molecule has 8 heterocycles. The van der Waals surface area contributed by atoms with E-state index in [-0.39, 0.29) is 140 Å². The highest BCUT2D eigenvalue weighted by Gasteiger charge is 2.56. The zero-order valence-corrected chi connectivity index (χ0v) is 89.5. The maximum Gasteiger partial charge on any atom is 0.338 e. The second-order valence-corrected chi connectivity index (χ2v) is 52.7. The predicted octanol–water partition coefficient (Wildman–Crippen LogP) is 16.2. The van der Waals surface area contributed by atoms with Gasteiger partial charge in [0.05, 0.1) is 81.8 Å². The Morgan fingerprint density at radius 2 is 0.684 bits per heavy atom. The van der Waals surface area contributed by atoms with Crippen molar-refractivity contribution in [3.05, 3.63) is 239 Å². The van der Waals surface area contributed by atoms with Gasteiger partial charge in [-0.1, -0.05) is 309 Å². The van der Waals surface area contributed by atoms with Gasteiger partial charge in [-0.3, -0.25) is 0 Å². The van der Waals surface area contributed by atoms with Crippen molar-refractivity contribution in [2.24, 2.45) is 58.4 Å². The fourth-order valence-electron chi connectivity index (χ4n) is 19.2. The monoisotopic (exact) mass is 2020 g/mol. The average Bonchev–Trinajstić information content (AvgIpc) is 0.744. The number of carbonyl (C=O) groups excluding carboxylic acids is 1. The summed E-state index contributed by atoms with van der Waals surface area (Å²) in [5.41, 5.74) is 11.7. The zero-order valence-electron chi connectivity index (χ0n) is 82.6. The molecule has 32 atom stereocenters. The Bertz CT molecular complexity index is 4510. The number of aliphatic hydroxyl groups excluding tert-OH is 7. The minimum atomic E-state index is -2.68. The van der Waals surface area contributed by atoms with Crippen LogP contribution in [-0.2, 0) is 61.0 Å². The average molecular weight is 2030 g/mol. The summed E-state index contributed by atoms with van der Waals surface area (Å²) in [6.45, 7) is 33.4. The molecule has 750 valence electrons. The molecule has 32 heteroatoms. The number of aliphatic hydroxyl groups is 7. The summed E-state index contributed by atoms with van der Waals surface area (Å²) < 4.78 is 79.7. The van der Waals surface area contributed by atoms with Gasteiger partial charge in [-0.15, -0.1) is 70.6 Å². The molecule has 0 aromatic heterocycles. The van der Waals surface area contributed by atoms with Crippen molar-refractivity contribution in [2.75, 3.05) is 77.2 Å². The molecular formula is C104H149N3O21S6Si2. The first kappa shape index (κ1) is 113. The minimum Gasteiger partial charge on any atom is -0.455 e. The molecule has 0 spiro atoms. The summed E-state index contributed by atoms with van der Waals surface area (Å²) in [4.78, 5) is 15.9. The molecule has 0 bridgehead atoms. The van der Waals surface area contributed by atoms with Crippen LogP contribution >= 0.6 is 70.6 Å². The Balaban J connectivity index is 0.000000174. The summed E-state index contributed by atoms with van der Waals surface area (Å²) in [5.74, 6) is 1.06. The molecule has 7 aromatic rings. The molecule has 8 aliphatic rings. The second kappa shape index (κ2) is 53.6. The van der Waals surface area contributed by atoms with E-state index in [1.807, 2.05) is 144 Å². The second-order valence-electron chi connectivity index (χ2n) is 38.5. The van der Waals surface area contributed by atoms with E-state index in [9.17, 15) is 35.9 Å². The van der Waals surface area contributed by atoms with Crippen LogP contribution in [0.5, 0.6) is 0 Å². The van der Waals surface area contributed by atoms with Gasteiger partial charge in [0.2, 0.25) is 0 Å². The highest BCUT2D eigenvalue weighted by atomic mass is 32.2. The number of hydrogen-bond acceptors (Lipinski definition) is 28. The third-order valence-electron chi connectivity index (χ3n) is 27.9. The minimum absolute atomic E-state index is 0.00766. The first-order valence-corrected chi connectivity index (χ1v) is 58.8. The molecule has 7 N–H and O–H groups in total. The number of carbonyl (C=O) groups is 1. The van der Waals surface area contributed by atoms with Gasteiger partial charge in [0, 0.05) is 33.8 Å². The van der Waals surface area contributed by atoms with Crippen molar-refractivity contribution in [3.8, 4) is 0 Å². The Morgan fingerprint density at radius 1 is 0.375 bits per heavy atom. The molecule has 7 aromatic carbocycles. The molecule has 8 saturated heterocycles. The van der Waals surface area contributed by atoms with Gasteiger partial charge in [-0.2, -0.15) is 0 Å². The van der Waals surface area contributed by atoms with Crippen LogP contribution in [0, 0.1) is 53.3 Å². The summed E-state index contributed by atoms with van der Waals surface area (Å²) in [5, 5.41) is 77.0. The van der Waals surface area contributed by atoms with E-state index in [4.69, 9.17) is 71.2 Å². The van der Waals surface area contributed by atoms with Crippen molar-refractivity contribution in [3.63, 3.8) is 0 Å². The number of ether oxygens (including phenoxy) is 11. The molecule has 8 aliphatic heterocycles. The van der Waals surface area contributed by atoms with Crippen LogP contribution in [0.25, 0.3) is 10.4 Å². The summed E-state index contributed by atoms with van der Waals surface area (Å²) in [7, 11) is -5.31. The number of fused-ring (bicyclic) bond motifs is 2. The van der Waals surface area contributed by atoms with Crippen molar-refractivity contribution in [1.29, 1.82) is 0 Å². The molecule has 24 nitrogen and oxygen atoms in total. The van der Waals surface area contributed by atoms with E-state index < -0.39 is 78.0 Å². The predicted molar refractivity (Wildman–Crippen MR) is 555 cm³/mol. The molecule has 8 fully saturated rings. The van der Waals surface area contributed by atoms with Crippen LogP contribution in [0.4, 0.5) is 0 Å². The molecule has 14 unspecified atom stereocenters. The Morgan fingerprint density at radius 3 is 1.07 bits per heavy atom. The van der Waals surface area contributed by atoms with Crippen LogP contribution in [0.2, 0.25) is 10.1 Å². The lowest BCUT2D eigenvalue weighted by Gasteiger charge is -2.48. The third-order valence-corrected chi connectivity index (χ3v) is 43.9. The summed E-state index contributed by atoms with van der Waals surface area (Å²) >= 11 is 9.76. The maximum absolute atomic E-state index is 12.7. The first-order valence-electron chi connectivity index (χ1n) is 47.2. The number of benzene rings is 7. The standard InChI is InChI=1S/C25H35N3O2SSi.C25H36O3SSi.C22H24O5S.C15H20O4S.C9H18O3S.C8H16O4S/c1-18-19(2)24(31-6)30-22(23(18)27-28-26)17-29-32(25(3,4)5,20-13-9-7-10-14-20)21-15-11-8-12-16-21;1-18-19(2)24(29-6)28-22(23(18)26)17-27-30(25(3,4)5,20-13-9-7-10-14-20)21-15-11-8-12-16-21;1-14-18(26-20(23)15-9-5-3-6-10-15)19-17(25-22(14)28-2)13-24-21(27-19)16-11-7-4-8-12-16;1-9-12(16)13-11(18-15(9)20-2)8-17-14(19-13)10-6-4-3-5-7-10;1-5-6(2)9(13-3)12-7(4-10)8(5)11;1-4-6(10)7(11)5(3-9)12-8(4)13-2/h7-16,18-19,22-24H,17H2,1-6H3;7-16,18-19,22-24,26H,17H2,1-6H3;3-12,14,17-19,21-22H,13H2,1-2H3;3-7,9,11-16H,8H2,1-2H3;5-11H,4H2,1-3H3;4-11H,3H2,1-2H3/t18-,19?,22?,23-,24+;18-,19?,22?,23+,24+;14?,17?,18-,19-,21?,22+;9?,11?,12-,13-,14?,15+;5-,6?,7?,8+,9+;4?,5?,6-,7-,8+/m111111/s1. The Hall–Kier alpha value is -4.91. The largest absolute Gasteiger partial charge is 0.455 e. The highest BCUT2D eigenvalue weighted by molar-refractivity contribution is 8.00. The maximum atomic E-state index is 12.7. The number of thioether (sulfide) groups is 6. The van der Waals surface area contributed by atoms with Crippen molar-refractivity contribution < 1.29 is 101 Å². The summed E-state index contributed by atoms with van der Waals surface area (Å²) in [6.07, 6.45) is 4.40. The van der Waals surface area contributed by atoms with Crippen molar-refractivity contribution >= 4 is 114 Å². The lowest BCUT2D eigenvalue weighted by Crippen LogP contribution is -2.67. The SMILES string of the molecule is CS[C@@H]1OC(CO)[C@@H](O)[C@H](C)C1C.CS[C@@H]1OC(CO)[C@@H](O)[C@H](O)C1C.CS[C@@H]1OC(CO[Si](c2ccccc2)(c2ccccc2)C(C)(C)C)[C@@H](O)[C@H](C)C1C.CS[C@@H]1OC(CO[Si](c2ccccc2)(c2ccccc2)C(C)(C)C)[C@H](N=[N+]=[N-])[C@H](C)C1C.CS[C@@H]1OC2COC(c3ccccc3)O[C@H]2[C@H](O)C1C.CS[C@@H]1OC2COC(c3ccccc3)O[C@H]2[C@H](OC(=O)c2ccccc2)C1C. The van der Waals surface area contributed by atoms with Crippen molar-refractivity contribution in [2.45, 2.75) is 251 Å². The number of rotatable bonds is 23. The van der Waals surface area contributed by atoms with E-state index in [1.54, 1.807) is 70.9 Å². The molecule has 0 amide bonds. The van der Waals surface area contributed by atoms with E-state index >= 15 is 0 Å². The van der Waals surface area contributed by atoms with Gasteiger partial charge < -0.3 is 96.7 Å². The summed E-state index contributed by atoms with van der Waals surface area (Å²) in [6, 6.07) is 70.8. The lowest BCUT2D eigenvalue weighted by molar-refractivity contribution is -0.311. The zero-order chi connectivity index (χ0) is 98.9. The van der Waals surface area contributed by atoms with Gasteiger partial charge in [0.15, 0.2) is 12.6 Å². The number of esters is 1. The van der Waals surface area contributed by atoms with Gasteiger partial charge in [0.1, 0.15) is 87.6 Å². The van der Waals surface area contributed by atoms with E-state index in [0.29, 0.717) is 49.7 Å². The van der Waals surface area contributed by atoms with E-state index in [2.05, 4.69) is 208 Å². The highest BCUT2D eigenvalue weighted by Crippen LogP contribution is 2.47. The third kappa shape index (κ3) is 27.4. The molecule has 0 aliphatic carbocycles. The number of nitrogens with zero attached hydrogens (tertiary/aromatic N) is 3. The fraction of sp³-hybridized carbons (Fsp3) is 0.587. The van der Waals surface area contributed by atoms with Crippen LogP contribution in [-0.4, -0.2) is 260 Å². The topological polar surface area (TPSA) is 327 Å². The Labute approximate surface area is 834 Å². The van der Waals surface area contributed by atoms with Crippen LogP contribution in [0.1, 0.15) is 138 Å². The van der Waals surface area contributed by atoms with E-state index in [0.717, 1.165) is 11.1 Å². The smallest absolute Gasteiger partial charge is 0.338 e. The first-order chi connectivity index (χ1) is 65.1. The normalized spacial score (nSPS) is 33.9. The molecule has 15 rings (SSSR count). The van der Waals surface area contributed by atoms with Crippen LogP contribution in [0.3, 0.4) is 0 Å². The van der Waals surface area contributed by atoms with Gasteiger partial charge in [-0.25, -0.2) is 4.79 Å². The molecular weight excluding hydrogens is 1880 g/mol.